The molecule has 0 aliphatic carbocycles. The molecule has 1 aromatic carbocycles. The zero-order valence-electron chi connectivity index (χ0n) is 20.2. The van der Waals surface area contributed by atoms with Crippen LogP contribution in [0.1, 0.15) is 62.9 Å². The number of sulfone groups is 1. The molecule has 7 nitrogen and oxygen atoms in total. The van der Waals surface area contributed by atoms with Crippen LogP contribution in [0, 0.1) is 17.0 Å². The van der Waals surface area contributed by atoms with Gasteiger partial charge in [-0.15, -0.1) is 0 Å². The van der Waals surface area contributed by atoms with Crippen LogP contribution in [0.15, 0.2) is 24.4 Å². The molecule has 1 saturated heterocycles. The van der Waals surface area contributed by atoms with Gasteiger partial charge in [-0.25, -0.2) is 22.2 Å². The number of hydrogen-bond donors (Lipinski definition) is 0. The number of rotatable bonds is 6. The molecule has 0 saturated carbocycles. The SMILES string of the molecule is CCOc1cc(N2C(=O)C(C)(C)c3cc(C(=O)CC4(C)CCS(=O)(=O)CC4)c(F)cc32)c(F)cn1. The van der Waals surface area contributed by atoms with Crippen LogP contribution in [0.4, 0.5) is 20.2 Å². The summed E-state index contributed by atoms with van der Waals surface area (Å²) in [7, 11) is -3.11. The smallest absolute Gasteiger partial charge is 0.241 e. The average Bonchev–Trinajstić information content (AvgIpc) is 2.96. The van der Waals surface area contributed by atoms with Crippen LogP contribution < -0.4 is 9.64 Å². The molecule has 0 radical (unpaired) electrons. The molecule has 1 amide bonds. The molecule has 0 N–H and O–H groups in total. The number of ether oxygens (including phenoxy) is 1. The van der Waals surface area contributed by atoms with Gasteiger partial charge in [0.15, 0.2) is 11.6 Å². The number of nitrogens with zero attached hydrogens (tertiary/aromatic N) is 2. The molecule has 0 spiro atoms. The fraction of sp³-hybridized carbons (Fsp3) is 0.480. The second-order valence-corrected chi connectivity index (χ2v) is 12.4. The van der Waals surface area contributed by atoms with E-state index in [1.165, 1.54) is 12.1 Å². The van der Waals surface area contributed by atoms with Gasteiger partial charge in [0.25, 0.3) is 0 Å². The van der Waals surface area contributed by atoms with Crippen molar-refractivity contribution in [3.63, 3.8) is 0 Å². The molecule has 188 valence electrons. The normalized spacial score (nSPS) is 19.9. The summed E-state index contributed by atoms with van der Waals surface area (Å²) in [5.74, 6) is -2.40. The standard InChI is InChI=1S/C25H28F2N2O5S/c1-5-34-22-12-20(18(27)14-28-22)29-19-11-17(26)15(10-16(19)24(2,3)23(29)31)21(30)13-25(4)6-8-35(32,33)9-7-25/h10-12,14H,5-9,13H2,1-4H3. The predicted molar refractivity (Wildman–Crippen MR) is 127 cm³/mol. The predicted octanol–water partition coefficient (Wildman–Crippen LogP) is 4.50. The lowest BCUT2D eigenvalue weighted by Crippen LogP contribution is -2.33. The van der Waals surface area contributed by atoms with Crippen molar-refractivity contribution < 1.29 is 31.5 Å². The van der Waals surface area contributed by atoms with E-state index < -0.39 is 44.0 Å². The van der Waals surface area contributed by atoms with E-state index >= 15 is 4.39 Å². The van der Waals surface area contributed by atoms with Gasteiger partial charge in [0.05, 0.1) is 46.7 Å². The second kappa shape index (κ2) is 8.65. The highest BCUT2D eigenvalue weighted by Crippen LogP contribution is 2.47. The van der Waals surface area contributed by atoms with Gasteiger partial charge in [0.1, 0.15) is 15.7 Å². The third kappa shape index (κ3) is 4.55. The number of fused-ring (bicyclic) bond motifs is 1. The van der Waals surface area contributed by atoms with Gasteiger partial charge < -0.3 is 4.74 Å². The van der Waals surface area contributed by atoms with E-state index in [1.54, 1.807) is 20.8 Å². The third-order valence-corrected chi connectivity index (χ3v) is 8.65. The Balaban J connectivity index is 1.72. The molecule has 2 aliphatic rings. The Morgan fingerprint density at radius 2 is 1.74 bits per heavy atom. The number of Topliss-reactive ketones (excluding diaryl/α,β-unsaturated/α-hetero) is 1. The molecule has 2 aliphatic heterocycles. The Morgan fingerprint density at radius 3 is 2.37 bits per heavy atom. The lowest BCUT2D eigenvalue weighted by atomic mass is 9.78. The summed E-state index contributed by atoms with van der Waals surface area (Å²) < 4.78 is 58.9. The van der Waals surface area contributed by atoms with Crippen LogP contribution in [-0.4, -0.2) is 43.2 Å². The van der Waals surface area contributed by atoms with Crippen molar-refractivity contribution in [1.29, 1.82) is 0 Å². The summed E-state index contributed by atoms with van der Waals surface area (Å²) in [6, 6.07) is 3.75. The number of carbonyl (C=O) groups excluding carboxylic acids is 2. The van der Waals surface area contributed by atoms with Gasteiger partial charge in [0.2, 0.25) is 11.8 Å². The van der Waals surface area contributed by atoms with E-state index in [1.807, 2.05) is 6.92 Å². The molecule has 3 heterocycles. The first-order valence-corrected chi connectivity index (χ1v) is 13.3. The van der Waals surface area contributed by atoms with Crippen LogP contribution in [0.25, 0.3) is 0 Å². The van der Waals surface area contributed by atoms with E-state index in [2.05, 4.69) is 4.98 Å². The number of carbonyl (C=O) groups is 2. The highest BCUT2D eigenvalue weighted by Gasteiger charge is 2.47. The van der Waals surface area contributed by atoms with Gasteiger partial charge in [0, 0.05) is 12.5 Å². The van der Waals surface area contributed by atoms with Crippen LogP contribution in [0.2, 0.25) is 0 Å². The van der Waals surface area contributed by atoms with Crippen molar-refractivity contribution in [3.8, 4) is 5.88 Å². The number of ketones is 1. The summed E-state index contributed by atoms with van der Waals surface area (Å²) >= 11 is 0. The summed E-state index contributed by atoms with van der Waals surface area (Å²) in [4.78, 5) is 31.5. The fourth-order valence-corrected chi connectivity index (χ4v) is 6.52. The third-order valence-electron chi connectivity index (χ3n) is 7.00. The molecule has 10 heteroatoms. The minimum atomic E-state index is -3.11. The van der Waals surface area contributed by atoms with Crippen molar-refractivity contribution in [2.24, 2.45) is 5.41 Å². The zero-order chi connectivity index (χ0) is 25.8. The minimum absolute atomic E-state index is 0.00116. The molecule has 0 atom stereocenters. The average molecular weight is 507 g/mol. The molecular weight excluding hydrogens is 478 g/mol. The molecule has 4 rings (SSSR count). The first-order chi connectivity index (χ1) is 16.3. The Morgan fingerprint density at radius 1 is 1.09 bits per heavy atom. The van der Waals surface area contributed by atoms with E-state index in [4.69, 9.17) is 4.74 Å². The van der Waals surface area contributed by atoms with Crippen molar-refractivity contribution in [3.05, 3.63) is 47.2 Å². The number of pyridine rings is 1. The summed E-state index contributed by atoms with van der Waals surface area (Å²) in [6.07, 6.45) is 1.59. The number of aromatic nitrogens is 1. The molecular formula is C25H28F2N2O5S. The van der Waals surface area contributed by atoms with Gasteiger partial charge >= 0.3 is 0 Å². The minimum Gasteiger partial charge on any atom is -0.478 e. The summed E-state index contributed by atoms with van der Waals surface area (Å²) in [5, 5.41) is 0. The highest BCUT2D eigenvalue weighted by molar-refractivity contribution is 7.91. The number of amides is 1. The quantitative estimate of drug-likeness (QED) is 0.536. The Hall–Kier alpha value is -2.88. The van der Waals surface area contributed by atoms with Crippen molar-refractivity contribution >= 4 is 32.9 Å². The Labute approximate surface area is 203 Å². The number of halogens is 2. The molecule has 0 unspecified atom stereocenters. The van der Waals surface area contributed by atoms with Gasteiger partial charge in [-0.3, -0.25) is 14.5 Å². The molecule has 2 aromatic rings. The largest absolute Gasteiger partial charge is 0.478 e. The maximum absolute atomic E-state index is 15.3. The zero-order valence-corrected chi connectivity index (χ0v) is 21.0. The van der Waals surface area contributed by atoms with E-state index in [0.29, 0.717) is 25.0 Å². The molecule has 35 heavy (non-hydrogen) atoms. The Bertz CT molecular complexity index is 1310. The summed E-state index contributed by atoms with van der Waals surface area (Å²) in [6.45, 7) is 7.14. The van der Waals surface area contributed by atoms with Gasteiger partial charge in [-0.2, -0.15) is 0 Å². The molecule has 0 bridgehead atoms. The topological polar surface area (TPSA) is 93.6 Å². The van der Waals surface area contributed by atoms with Crippen molar-refractivity contribution in [2.45, 2.75) is 52.4 Å². The highest BCUT2D eigenvalue weighted by atomic mass is 32.2. The second-order valence-electron chi connectivity index (χ2n) is 10.1. The number of hydrogen-bond acceptors (Lipinski definition) is 6. The van der Waals surface area contributed by atoms with E-state index in [9.17, 15) is 22.4 Å². The van der Waals surface area contributed by atoms with Gasteiger partial charge in [-0.05, 0) is 56.7 Å². The summed E-state index contributed by atoms with van der Waals surface area (Å²) in [5.41, 5.74) is -1.43. The van der Waals surface area contributed by atoms with Crippen LogP contribution in [-0.2, 0) is 20.0 Å². The maximum Gasteiger partial charge on any atom is 0.241 e. The van der Waals surface area contributed by atoms with Gasteiger partial charge in [-0.1, -0.05) is 6.92 Å². The number of benzene rings is 1. The molecule has 1 aromatic heterocycles. The monoisotopic (exact) mass is 506 g/mol. The first-order valence-electron chi connectivity index (χ1n) is 11.5. The van der Waals surface area contributed by atoms with E-state index in [0.717, 1.165) is 17.2 Å². The lowest BCUT2D eigenvalue weighted by molar-refractivity contribution is -0.121. The van der Waals surface area contributed by atoms with Crippen LogP contribution in [0.3, 0.4) is 0 Å². The van der Waals surface area contributed by atoms with Crippen LogP contribution >= 0.6 is 0 Å². The van der Waals surface area contributed by atoms with Crippen molar-refractivity contribution in [1.82, 2.24) is 4.98 Å². The number of anilines is 2. The van der Waals surface area contributed by atoms with Crippen molar-refractivity contribution in [2.75, 3.05) is 23.0 Å². The Kier molecular flexibility index (Phi) is 6.24. The maximum atomic E-state index is 15.3. The van der Waals surface area contributed by atoms with E-state index in [-0.39, 0.29) is 40.7 Å². The lowest BCUT2D eigenvalue weighted by Gasteiger charge is -2.32. The first kappa shape index (κ1) is 25.2. The van der Waals surface area contributed by atoms with Crippen LogP contribution in [0.5, 0.6) is 5.88 Å². The fourth-order valence-electron chi connectivity index (χ4n) is 4.70. The molecule has 1 fully saturated rings.